The Morgan fingerprint density at radius 3 is 2.50 bits per heavy atom. The molecule has 0 spiro atoms. The number of hydrogen-bond donors (Lipinski definition) is 1. The van der Waals surface area contributed by atoms with E-state index in [1.165, 1.54) is 11.1 Å². The zero-order valence-corrected chi connectivity index (χ0v) is 11.6. The van der Waals surface area contributed by atoms with Crippen molar-refractivity contribution < 1.29 is 0 Å². The minimum absolute atomic E-state index is 0.382. The number of hydrogen-bond acceptors (Lipinski definition) is 2. The Kier molecular flexibility index (Phi) is 3.26. The maximum atomic E-state index is 6.45. The van der Waals surface area contributed by atoms with E-state index in [2.05, 4.69) is 44.1 Å². The van der Waals surface area contributed by atoms with E-state index in [4.69, 9.17) is 5.73 Å². The number of benzene rings is 1. The van der Waals surface area contributed by atoms with Crippen LogP contribution in [0.2, 0.25) is 0 Å². The highest BCUT2D eigenvalue weighted by molar-refractivity contribution is 5.34. The predicted octanol–water partition coefficient (Wildman–Crippen LogP) is 2.45. The van der Waals surface area contributed by atoms with Crippen molar-refractivity contribution in [3.05, 3.63) is 52.8 Å². The van der Waals surface area contributed by atoms with E-state index in [9.17, 15) is 0 Å². The molecule has 0 bridgehead atoms. The molecule has 1 unspecified atom stereocenters. The van der Waals surface area contributed by atoms with Gasteiger partial charge in [-0.25, -0.2) is 0 Å². The predicted molar refractivity (Wildman–Crippen MR) is 74.4 cm³/mol. The van der Waals surface area contributed by atoms with Gasteiger partial charge in [-0.15, -0.1) is 0 Å². The Labute approximate surface area is 109 Å². The third kappa shape index (κ3) is 2.62. The van der Waals surface area contributed by atoms with Crippen molar-refractivity contribution in [1.29, 1.82) is 0 Å². The molecule has 18 heavy (non-hydrogen) atoms. The number of aromatic nitrogens is 2. The maximum Gasteiger partial charge on any atom is 0.0646 e. The van der Waals surface area contributed by atoms with Gasteiger partial charge in [-0.2, -0.15) is 5.10 Å². The van der Waals surface area contributed by atoms with Crippen LogP contribution in [0, 0.1) is 13.8 Å². The Hall–Kier alpha value is -1.61. The molecule has 2 N–H and O–H groups in total. The van der Waals surface area contributed by atoms with Gasteiger partial charge in [0.25, 0.3) is 0 Å². The molecule has 0 aliphatic heterocycles. The molecular weight excluding hydrogens is 222 g/mol. The normalized spacial score (nSPS) is 14.5. The lowest BCUT2D eigenvalue weighted by Crippen LogP contribution is -2.35. The summed E-state index contributed by atoms with van der Waals surface area (Å²) in [5, 5.41) is 4.40. The van der Waals surface area contributed by atoms with Crippen molar-refractivity contribution in [2.45, 2.75) is 32.7 Å². The van der Waals surface area contributed by atoms with Crippen LogP contribution in [0.15, 0.2) is 30.5 Å². The fourth-order valence-electron chi connectivity index (χ4n) is 2.13. The molecule has 0 radical (unpaired) electrons. The molecule has 0 aliphatic rings. The summed E-state index contributed by atoms with van der Waals surface area (Å²) in [5.41, 5.74) is 10.8. The first-order valence-corrected chi connectivity index (χ1v) is 6.23. The summed E-state index contributed by atoms with van der Waals surface area (Å²) in [7, 11) is 1.92. The van der Waals surface area contributed by atoms with Gasteiger partial charge in [-0.3, -0.25) is 4.68 Å². The Morgan fingerprint density at radius 1 is 1.22 bits per heavy atom. The first kappa shape index (κ1) is 12.8. The van der Waals surface area contributed by atoms with E-state index >= 15 is 0 Å². The largest absolute Gasteiger partial charge is 0.321 e. The van der Waals surface area contributed by atoms with E-state index < -0.39 is 0 Å². The standard InChI is InChI=1S/C15H21N3/c1-11-5-6-13(9-12(11)2)15(3,16)10-14-7-8-18(4)17-14/h5-9H,10,16H2,1-4H3. The third-order valence-corrected chi connectivity index (χ3v) is 3.48. The van der Waals surface area contributed by atoms with Crippen molar-refractivity contribution in [2.24, 2.45) is 12.8 Å². The average molecular weight is 243 g/mol. The number of aryl methyl sites for hydroxylation is 3. The van der Waals surface area contributed by atoms with Crippen LogP contribution in [0.5, 0.6) is 0 Å². The molecule has 0 amide bonds. The van der Waals surface area contributed by atoms with Gasteiger partial charge in [0, 0.05) is 25.2 Å². The SMILES string of the molecule is Cc1ccc(C(C)(N)Cc2ccn(C)n2)cc1C. The molecule has 2 rings (SSSR count). The molecule has 0 saturated heterocycles. The van der Waals surface area contributed by atoms with Gasteiger partial charge in [-0.1, -0.05) is 18.2 Å². The lowest BCUT2D eigenvalue weighted by molar-refractivity contribution is 0.481. The lowest BCUT2D eigenvalue weighted by Gasteiger charge is -2.25. The minimum atomic E-state index is -0.382. The molecule has 0 fully saturated rings. The molecule has 96 valence electrons. The van der Waals surface area contributed by atoms with Crippen LogP contribution in [0.3, 0.4) is 0 Å². The van der Waals surface area contributed by atoms with Gasteiger partial charge in [-0.05, 0) is 43.5 Å². The number of nitrogens with two attached hydrogens (primary N) is 1. The first-order chi connectivity index (χ1) is 8.38. The molecule has 1 aromatic heterocycles. The van der Waals surface area contributed by atoms with Crippen molar-refractivity contribution in [3.63, 3.8) is 0 Å². The first-order valence-electron chi connectivity index (χ1n) is 6.23. The molecule has 1 aromatic carbocycles. The second kappa shape index (κ2) is 4.58. The van der Waals surface area contributed by atoms with E-state index in [0.717, 1.165) is 17.7 Å². The highest BCUT2D eigenvalue weighted by atomic mass is 15.2. The van der Waals surface area contributed by atoms with Crippen LogP contribution in [-0.2, 0) is 19.0 Å². The zero-order valence-electron chi connectivity index (χ0n) is 11.6. The van der Waals surface area contributed by atoms with E-state index in [-0.39, 0.29) is 5.54 Å². The van der Waals surface area contributed by atoms with E-state index in [1.807, 2.05) is 24.0 Å². The maximum absolute atomic E-state index is 6.45. The number of nitrogens with zero attached hydrogens (tertiary/aromatic N) is 2. The summed E-state index contributed by atoms with van der Waals surface area (Å²) >= 11 is 0. The molecule has 3 heteroatoms. The van der Waals surface area contributed by atoms with E-state index in [1.54, 1.807) is 0 Å². The monoisotopic (exact) mass is 243 g/mol. The van der Waals surface area contributed by atoms with Gasteiger partial charge in [0.2, 0.25) is 0 Å². The summed E-state index contributed by atoms with van der Waals surface area (Å²) < 4.78 is 1.81. The smallest absolute Gasteiger partial charge is 0.0646 e. The molecule has 0 aliphatic carbocycles. The molecular formula is C15H21N3. The second-order valence-electron chi connectivity index (χ2n) is 5.37. The topological polar surface area (TPSA) is 43.8 Å². The Morgan fingerprint density at radius 2 is 1.94 bits per heavy atom. The summed E-state index contributed by atoms with van der Waals surface area (Å²) in [4.78, 5) is 0. The summed E-state index contributed by atoms with van der Waals surface area (Å²) in [5.74, 6) is 0. The van der Waals surface area contributed by atoms with Gasteiger partial charge in [0.15, 0.2) is 0 Å². The average Bonchev–Trinajstić information content (AvgIpc) is 2.67. The number of rotatable bonds is 3. The zero-order chi connectivity index (χ0) is 13.3. The van der Waals surface area contributed by atoms with Gasteiger partial charge >= 0.3 is 0 Å². The summed E-state index contributed by atoms with van der Waals surface area (Å²) in [6.07, 6.45) is 2.70. The molecule has 1 heterocycles. The quantitative estimate of drug-likeness (QED) is 0.900. The lowest BCUT2D eigenvalue weighted by atomic mass is 9.87. The minimum Gasteiger partial charge on any atom is -0.321 e. The molecule has 2 aromatic rings. The van der Waals surface area contributed by atoms with Crippen molar-refractivity contribution in [2.75, 3.05) is 0 Å². The Bertz CT molecular complexity index is 553. The van der Waals surface area contributed by atoms with Crippen molar-refractivity contribution >= 4 is 0 Å². The van der Waals surface area contributed by atoms with Crippen LogP contribution in [-0.4, -0.2) is 9.78 Å². The highest BCUT2D eigenvalue weighted by Gasteiger charge is 2.23. The highest BCUT2D eigenvalue weighted by Crippen LogP contribution is 2.24. The van der Waals surface area contributed by atoms with Gasteiger partial charge in [0.1, 0.15) is 0 Å². The summed E-state index contributed by atoms with van der Waals surface area (Å²) in [6, 6.07) is 8.45. The van der Waals surface area contributed by atoms with Crippen molar-refractivity contribution in [3.8, 4) is 0 Å². The van der Waals surface area contributed by atoms with Crippen LogP contribution >= 0.6 is 0 Å². The van der Waals surface area contributed by atoms with Crippen LogP contribution in [0.4, 0.5) is 0 Å². The second-order valence-corrected chi connectivity index (χ2v) is 5.37. The van der Waals surface area contributed by atoms with Crippen LogP contribution in [0.25, 0.3) is 0 Å². The van der Waals surface area contributed by atoms with Gasteiger partial charge < -0.3 is 5.73 Å². The van der Waals surface area contributed by atoms with Crippen molar-refractivity contribution in [1.82, 2.24) is 9.78 Å². The molecule has 0 saturated carbocycles. The fourth-order valence-corrected chi connectivity index (χ4v) is 2.13. The van der Waals surface area contributed by atoms with E-state index in [0.29, 0.717) is 0 Å². The van der Waals surface area contributed by atoms with Gasteiger partial charge in [0.05, 0.1) is 5.69 Å². The van der Waals surface area contributed by atoms with Crippen LogP contribution < -0.4 is 5.73 Å². The third-order valence-electron chi connectivity index (χ3n) is 3.48. The molecule has 1 atom stereocenters. The summed E-state index contributed by atoms with van der Waals surface area (Å²) in [6.45, 7) is 6.30. The Balaban J connectivity index is 2.26. The molecule has 3 nitrogen and oxygen atoms in total. The van der Waals surface area contributed by atoms with Crippen LogP contribution in [0.1, 0.15) is 29.3 Å². The fraction of sp³-hybridized carbons (Fsp3) is 0.400.